The monoisotopic (exact) mass is 364 g/mol. The van der Waals surface area contributed by atoms with E-state index in [1.807, 2.05) is 36.4 Å². The van der Waals surface area contributed by atoms with E-state index < -0.39 is 0 Å². The number of amides is 1. The van der Waals surface area contributed by atoms with Crippen molar-refractivity contribution in [2.45, 2.75) is 20.4 Å². The van der Waals surface area contributed by atoms with Gasteiger partial charge in [-0.1, -0.05) is 0 Å². The largest absolute Gasteiger partial charge is 0.467 e. The first-order chi connectivity index (χ1) is 13.2. The molecule has 2 N–H and O–H groups in total. The molecule has 0 aliphatic rings. The molecule has 3 aromatic rings. The van der Waals surface area contributed by atoms with Crippen LogP contribution >= 0.6 is 0 Å². The second-order valence-corrected chi connectivity index (χ2v) is 6.07. The first-order valence-electron chi connectivity index (χ1n) is 9.07. The first kappa shape index (κ1) is 18.5. The number of pyridine rings is 1. The van der Waals surface area contributed by atoms with Crippen molar-refractivity contribution in [1.29, 1.82) is 0 Å². The fraction of sp³-hybridized carbons (Fsp3) is 0.238. The van der Waals surface area contributed by atoms with E-state index in [4.69, 9.17) is 4.42 Å². The lowest BCUT2D eigenvalue weighted by atomic mass is 10.2. The molecule has 0 aliphatic heterocycles. The Balaban J connectivity index is 1.63. The molecule has 3 rings (SSSR count). The Morgan fingerprint density at radius 3 is 2.52 bits per heavy atom. The van der Waals surface area contributed by atoms with E-state index in [0.717, 1.165) is 35.9 Å². The van der Waals surface area contributed by atoms with Gasteiger partial charge in [0.25, 0.3) is 5.91 Å². The highest BCUT2D eigenvalue weighted by molar-refractivity contribution is 6.04. The number of nitrogens with one attached hydrogen (secondary N) is 2. The Hall–Kier alpha value is -3.28. The predicted octanol–water partition coefficient (Wildman–Crippen LogP) is 4.39. The molecular formula is C21H24N4O2. The highest BCUT2D eigenvalue weighted by Gasteiger charge is 2.09. The topological polar surface area (TPSA) is 70.4 Å². The number of nitrogens with zero attached hydrogens (tertiary/aromatic N) is 2. The van der Waals surface area contributed by atoms with Gasteiger partial charge < -0.3 is 20.0 Å². The van der Waals surface area contributed by atoms with Crippen molar-refractivity contribution >= 4 is 23.0 Å². The number of hydrogen-bond donors (Lipinski definition) is 2. The van der Waals surface area contributed by atoms with E-state index in [2.05, 4.69) is 34.4 Å². The number of furan rings is 1. The van der Waals surface area contributed by atoms with Gasteiger partial charge in [-0.3, -0.25) is 9.78 Å². The van der Waals surface area contributed by atoms with E-state index in [1.165, 1.54) is 0 Å². The number of carbonyl (C=O) groups excluding carboxylic acids is 1. The second-order valence-electron chi connectivity index (χ2n) is 6.07. The average molecular weight is 364 g/mol. The molecule has 0 bridgehead atoms. The van der Waals surface area contributed by atoms with Gasteiger partial charge in [0.1, 0.15) is 5.76 Å². The average Bonchev–Trinajstić information content (AvgIpc) is 3.22. The van der Waals surface area contributed by atoms with E-state index in [-0.39, 0.29) is 5.91 Å². The van der Waals surface area contributed by atoms with Gasteiger partial charge in [-0.2, -0.15) is 0 Å². The van der Waals surface area contributed by atoms with Crippen LogP contribution in [0.3, 0.4) is 0 Å². The third kappa shape index (κ3) is 4.88. The molecule has 140 valence electrons. The first-order valence-corrected chi connectivity index (χ1v) is 9.07. The van der Waals surface area contributed by atoms with Crippen LogP contribution in [-0.2, 0) is 6.54 Å². The summed E-state index contributed by atoms with van der Waals surface area (Å²) in [7, 11) is 0. The summed E-state index contributed by atoms with van der Waals surface area (Å²) in [6.45, 7) is 6.68. The van der Waals surface area contributed by atoms with Gasteiger partial charge >= 0.3 is 0 Å². The summed E-state index contributed by atoms with van der Waals surface area (Å²) in [5.41, 5.74) is 3.15. The van der Waals surface area contributed by atoms with E-state index in [0.29, 0.717) is 12.1 Å². The van der Waals surface area contributed by atoms with Crippen LogP contribution in [-0.4, -0.2) is 24.0 Å². The van der Waals surface area contributed by atoms with Gasteiger partial charge in [-0.05, 0) is 56.3 Å². The number of aromatic nitrogens is 1. The van der Waals surface area contributed by atoms with Gasteiger partial charge in [-0.15, -0.1) is 0 Å². The van der Waals surface area contributed by atoms with E-state index >= 15 is 0 Å². The summed E-state index contributed by atoms with van der Waals surface area (Å²) < 4.78 is 5.29. The highest BCUT2D eigenvalue weighted by atomic mass is 16.3. The Morgan fingerprint density at radius 1 is 1.07 bits per heavy atom. The maximum atomic E-state index is 12.5. The van der Waals surface area contributed by atoms with Crippen LogP contribution < -0.4 is 15.5 Å². The lowest BCUT2D eigenvalue weighted by Crippen LogP contribution is -2.21. The number of carbonyl (C=O) groups is 1. The SMILES string of the molecule is CCN(CC)c1ccc(NC(=O)c2cncc(NCc3ccco3)c2)cc1. The zero-order valence-corrected chi connectivity index (χ0v) is 15.6. The fourth-order valence-corrected chi connectivity index (χ4v) is 2.81. The third-order valence-corrected chi connectivity index (χ3v) is 4.30. The second kappa shape index (κ2) is 8.89. The normalized spacial score (nSPS) is 10.4. The Kier molecular flexibility index (Phi) is 6.10. The molecule has 6 nitrogen and oxygen atoms in total. The number of benzene rings is 1. The predicted molar refractivity (Wildman–Crippen MR) is 108 cm³/mol. The standard InChI is InChI=1S/C21H24N4O2/c1-3-25(4-2)19-9-7-17(8-10-19)24-21(26)16-12-18(14-22-13-16)23-15-20-6-5-11-27-20/h5-14,23H,3-4,15H2,1-2H3,(H,24,26). The highest BCUT2D eigenvalue weighted by Crippen LogP contribution is 2.19. The van der Waals surface area contributed by atoms with Crippen molar-refractivity contribution in [2.75, 3.05) is 28.6 Å². The molecule has 0 fully saturated rings. The minimum absolute atomic E-state index is 0.195. The van der Waals surface area contributed by atoms with Gasteiger partial charge in [0.15, 0.2) is 0 Å². The van der Waals surface area contributed by atoms with Gasteiger partial charge in [-0.25, -0.2) is 0 Å². The molecule has 27 heavy (non-hydrogen) atoms. The van der Waals surface area contributed by atoms with Crippen LogP contribution in [0, 0.1) is 0 Å². The van der Waals surface area contributed by atoms with Gasteiger partial charge in [0, 0.05) is 36.9 Å². The summed E-state index contributed by atoms with van der Waals surface area (Å²) in [4.78, 5) is 18.9. The van der Waals surface area contributed by atoms with Gasteiger partial charge in [0.2, 0.25) is 0 Å². The minimum atomic E-state index is -0.195. The molecule has 0 spiro atoms. The molecule has 0 aliphatic carbocycles. The molecular weight excluding hydrogens is 340 g/mol. The van der Waals surface area contributed by atoms with Crippen LogP contribution in [0.5, 0.6) is 0 Å². The number of rotatable bonds is 8. The maximum Gasteiger partial charge on any atom is 0.257 e. The quantitative estimate of drug-likeness (QED) is 0.620. The lowest BCUT2D eigenvalue weighted by molar-refractivity contribution is 0.102. The lowest BCUT2D eigenvalue weighted by Gasteiger charge is -2.21. The Labute approximate surface area is 159 Å². The molecule has 0 saturated heterocycles. The summed E-state index contributed by atoms with van der Waals surface area (Å²) in [6.07, 6.45) is 4.86. The van der Waals surface area contributed by atoms with Crippen molar-refractivity contribution in [1.82, 2.24) is 4.98 Å². The molecule has 0 radical (unpaired) electrons. The summed E-state index contributed by atoms with van der Waals surface area (Å²) in [5, 5.41) is 6.11. The summed E-state index contributed by atoms with van der Waals surface area (Å²) in [5.74, 6) is 0.623. The molecule has 1 amide bonds. The Bertz CT molecular complexity index is 856. The minimum Gasteiger partial charge on any atom is -0.467 e. The van der Waals surface area contributed by atoms with Crippen LogP contribution in [0.2, 0.25) is 0 Å². The van der Waals surface area contributed by atoms with Crippen molar-refractivity contribution in [2.24, 2.45) is 0 Å². The molecule has 0 saturated carbocycles. The maximum absolute atomic E-state index is 12.5. The van der Waals surface area contributed by atoms with Crippen LogP contribution in [0.1, 0.15) is 30.0 Å². The van der Waals surface area contributed by atoms with Crippen molar-refractivity contribution in [3.63, 3.8) is 0 Å². The molecule has 2 aromatic heterocycles. The number of anilines is 3. The zero-order chi connectivity index (χ0) is 19.1. The zero-order valence-electron chi connectivity index (χ0n) is 15.6. The van der Waals surface area contributed by atoms with Crippen molar-refractivity contribution < 1.29 is 9.21 Å². The smallest absolute Gasteiger partial charge is 0.257 e. The van der Waals surface area contributed by atoms with Crippen molar-refractivity contribution in [3.8, 4) is 0 Å². The summed E-state index contributed by atoms with van der Waals surface area (Å²) in [6, 6.07) is 13.4. The van der Waals surface area contributed by atoms with E-state index in [9.17, 15) is 4.79 Å². The molecule has 1 aromatic carbocycles. The number of hydrogen-bond acceptors (Lipinski definition) is 5. The van der Waals surface area contributed by atoms with Gasteiger partial charge in [0.05, 0.1) is 24.1 Å². The molecule has 2 heterocycles. The van der Waals surface area contributed by atoms with Crippen LogP contribution in [0.4, 0.5) is 17.1 Å². The third-order valence-electron chi connectivity index (χ3n) is 4.30. The molecule has 6 heteroatoms. The molecule has 0 atom stereocenters. The summed E-state index contributed by atoms with van der Waals surface area (Å²) >= 11 is 0. The molecule has 0 unspecified atom stereocenters. The van der Waals surface area contributed by atoms with Crippen LogP contribution in [0.25, 0.3) is 0 Å². The van der Waals surface area contributed by atoms with E-state index in [1.54, 1.807) is 24.7 Å². The fourth-order valence-electron chi connectivity index (χ4n) is 2.81. The van der Waals surface area contributed by atoms with Crippen molar-refractivity contribution in [3.05, 3.63) is 72.4 Å². The van der Waals surface area contributed by atoms with Crippen LogP contribution in [0.15, 0.2) is 65.5 Å². The Morgan fingerprint density at radius 2 is 1.85 bits per heavy atom.